The molecule has 6 nitrogen and oxygen atoms in total. The van der Waals surface area contributed by atoms with Crippen molar-refractivity contribution in [2.24, 2.45) is 0 Å². The van der Waals surface area contributed by atoms with E-state index in [2.05, 4.69) is 4.74 Å². The number of thioether (sulfide) groups is 1. The lowest BCUT2D eigenvalue weighted by molar-refractivity contribution is -0.141. The lowest BCUT2D eigenvalue weighted by Gasteiger charge is -2.13. The summed E-state index contributed by atoms with van der Waals surface area (Å²) >= 11 is 12.6. The van der Waals surface area contributed by atoms with Gasteiger partial charge in [0.25, 0.3) is 5.91 Å². The van der Waals surface area contributed by atoms with E-state index in [0.29, 0.717) is 39.3 Å². The van der Waals surface area contributed by atoms with Gasteiger partial charge in [-0.1, -0.05) is 47.7 Å². The Kier molecular flexibility index (Phi) is 8.71. The third-order valence-corrected chi connectivity index (χ3v) is 6.51. The summed E-state index contributed by atoms with van der Waals surface area (Å²) in [5.41, 5.74) is 0.958. The zero-order valence-electron chi connectivity index (χ0n) is 17.9. The summed E-state index contributed by atoms with van der Waals surface area (Å²) in [7, 11) is 2.81. The Balaban J connectivity index is 1.70. The molecule has 3 rings (SSSR count). The van der Waals surface area contributed by atoms with Crippen molar-refractivity contribution in [1.29, 1.82) is 0 Å². The zero-order chi connectivity index (χ0) is 24.0. The average molecular weight is 510 g/mol. The molecule has 0 saturated carbocycles. The molecular weight excluding hydrogens is 489 g/mol. The summed E-state index contributed by atoms with van der Waals surface area (Å²) in [5, 5.41) is 0.277. The highest BCUT2D eigenvalue weighted by molar-refractivity contribution is 8.26. The van der Waals surface area contributed by atoms with Crippen molar-refractivity contribution in [2.45, 2.75) is 19.4 Å². The zero-order valence-corrected chi connectivity index (χ0v) is 20.3. The first-order valence-electron chi connectivity index (χ1n) is 9.90. The molecule has 0 aliphatic carbocycles. The van der Waals surface area contributed by atoms with E-state index in [9.17, 15) is 14.0 Å². The average Bonchev–Trinajstić information content (AvgIpc) is 3.06. The van der Waals surface area contributed by atoms with Crippen molar-refractivity contribution in [3.8, 4) is 11.5 Å². The van der Waals surface area contributed by atoms with Gasteiger partial charge in [-0.2, -0.15) is 0 Å². The van der Waals surface area contributed by atoms with Crippen LogP contribution >= 0.6 is 35.6 Å². The van der Waals surface area contributed by atoms with Crippen LogP contribution in [0.2, 0.25) is 5.02 Å². The van der Waals surface area contributed by atoms with Crippen molar-refractivity contribution in [3.05, 3.63) is 63.3 Å². The monoisotopic (exact) mass is 509 g/mol. The van der Waals surface area contributed by atoms with E-state index in [-0.39, 0.29) is 35.5 Å². The van der Waals surface area contributed by atoms with Crippen molar-refractivity contribution >= 4 is 57.9 Å². The van der Waals surface area contributed by atoms with Gasteiger partial charge in [0.05, 0.1) is 24.1 Å². The summed E-state index contributed by atoms with van der Waals surface area (Å²) in [4.78, 5) is 26.0. The van der Waals surface area contributed by atoms with Crippen molar-refractivity contribution in [3.63, 3.8) is 0 Å². The van der Waals surface area contributed by atoms with Crippen LogP contribution in [0.15, 0.2) is 41.3 Å². The van der Waals surface area contributed by atoms with Crippen LogP contribution < -0.4 is 9.47 Å². The lowest BCUT2D eigenvalue weighted by Crippen LogP contribution is -2.29. The van der Waals surface area contributed by atoms with Gasteiger partial charge in [0.1, 0.15) is 16.7 Å². The first-order chi connectivity index (χ1) is 15.8. The van der Waals surface area contributed by atoms with Crippen LogP contribution in [0.3, 0.4) is 0 Å². The largest absolute Gasteiger partial charge is 0.493 e. The van der Waals surface area contributed by atoms with Crippen molar-refractivity contribution < 1.29 is 28.2 Å². The number of nitrogens with zero attached hydrogens (tertiary/aromatic N) is 1. The Morgan fingerprint density at radius 2 is 2.03 bits per heavy atom. The number of amides is 1. The SMILES string of the molecule is COC(=O)CCCN1C(=O)/C(=C\c2ccc(OCc3c(F)cccc3Cl)c(OC)c2)SC1=S. The number of benzene rings is 2. The molecule has 0 unspecified atom stereocenters. The molecule has 0 radical (unpaired) electrons. The smallest absolute Gasteiger partial charge is 0.305 e. The minimum atomic E-state index is -0.452. The number of carbonyl (C=O) groups is 2. The van der Waals surface area contributed by atoms with E-state index in [0.717, 1.165) is 0 Å². The van der Waals surface area contributed by atoms with E-state index < -0.39 is 5.82 Å². The topological polar surface area (TPSA) is 65.1 Å². The molecule has 0 aromatic heterocycles. The second-order valence-electron chi connectivity index (χ2n) is 6.91. The van der Waals surface area contributed by atoms with Crippen LogP contribution in [0.5, 0.6) is 11.5 Å². The minimum absolute atomic E-state index is 0.0640. The van der Waals surface area contributed by atoms with Crippen LogP contribution in [0.25, 0.3) is 6.08 Å². The van der Waals surface area contributed by atoms with Gasteiger partial charge in [-0.25, -0.2) is 4.39 Å². The van der Waals surface area contributed by atoms with E-state index in [1.807, 2.05) is 0 Å². The van der Waals surface area contributed by atoms with E-state index in [4.69, 9.17) is 33.3 Å². The number of thiocarbonyl (C=S) groups is 1. The van der Waals surface area contributed by atoms with Gasteiger partial charge in [0, 0.05) is 18.5 Å². The highest BCUT2D eigenvalue weighted by Crippen LogP contribution is 2.35. The van der Waals surface area contributed by atoms with Gasteiger partial charge in [0.15, 0.2) is 11.5 Å². The third-order valence-electron chi connectivity index (χ3n) is 4.78. The number of ether oxygens (including phenoxy) is 3. The summed E-state index contributed by atoms with van der Waals surface area (Å²) in [6.45, 7) is 0.275. The Labute approximate surface area is 205 Å². The first kappa shape index (κ1) is 25.0. The van der Waals surface area contributed by atoms with Gasteiger partial charge in [0.2, 0.25) is 0 Å². The van der Waals surface area contributed by atoms with Crippen LogP contribution in [0.1, 0.15) is 24.0 Å². The molecule has 1 amide bonds. The van der Waals surface area contributed by atoms with E-state index in [1.54, 1.807) is 30.3 Å². The Hall–Kier alpha value is -2.62. The molecule has 2 aromatic carbocycles. The van der Waals surface area contributed by atoms with E-state index in [1.165, 1.54) is 43.0 Å². The number of halogens is 2. The maximum atomic E-state index is 14.0. The first-order valence-corrected chi connectivity index (χ1v) is 11.5. The Morgan fingerprint density at radius 1 is 1.24 bits per heavy atom. The molecule has 174 valence electrons. The molecule has 33 heavy (non-hydrogen) atoms. The normalized spacial score (nSPS) is 14.7. The molecule has 1 heterocycles. The lowest BCUT2D eigenvalue weighted by atomic mass is 10.1. The summed E-state index contributed by atoms with van der Waals surface area (Å²) < 4.78 is 30.2. The number of hydrogen-bond donors (Lipinski definition) is 0. The standard InChI is InChI=1S/C23H21ClFNO5S2/c1-29-19-11-14(8-9-18(19)31-13-15-16(24)5-3-6-17(15)25)12-20-22(28)26(23(32)33-20)10-4-7-21(27)30-2/h3,5-6,8-9,11-12H,4,7,10,13H2,1-2H3/b20-12+. The van der Waals surface area contributed by atoms with Gasteiger partial charge in [-0.05, 0) is 42.3 Å². The second kappa shape index (κ2) is 11.5. The molecule has 0 N–H and O–H groups in total. The van der Waals surface area contributed by atoms with Crippen molar-refractivity contribution in [2.75, 3.05) is 20.8 Å². The number of hydrogen-bond acceptors (Lipinski definition) is 7. The number of carbonyl (C=O) groups excluding carboxylic acids is 2. The molecule has 1 aliphatic rings. The molecule has 1 saturated heterocycles. The highest BCUT2D eigenvalue weighted by atomic mass is 35.5. The molecule has 1 aliphatic heterocycles. The van der Waals surface area contributed by atoms with Gasteiger partial charge in [-0.15, -0.1) is 0 Å². The molecular formula is C23H21ClFNO5S2. The summed E-state index contributed by atoms with van der Waals surface area (Å²) in [5.74, 6) is -0.174. The predicted octanol–water partition coefficient (Wildman–Crippen LogP) is 5.22. The van der Waals surface area contributed by atoms with Crippen LogP contribution in [-0.4, -0.2) is 41.9 Å². The summed E-state index contributed by atoms with van der Waals surface area (Å²) in [6, 6.07) is 9.58. The Morgan fingerprint density at radius 3 is 2.73 bits per heavy atom. The third kappa shape index (κ3) is 6.25. The molecule has 2 aromatic rings. The molecule has 10 heteroatoms. The molecule has 0 bridgehead atoms. The maximum absolute atomic E-state index is 14.0. The van der Waals surface area contributed by atoms with Crippen LogP contribution in [-0.2, 0) is 20.9 Å². The quantitative estimate of drug-likeness (QED) is 0.261. The predicted molar refractivity (Wildman–Crippen MR) is 130 cm³/mol. The summed E-state index contributed by atoms with van der Waals surface area (Å²) in [6.07, 6.45) is 2.38. The Bertz CT molecular complexity index is 1090. The molecule has 0 atom stereocenters. The fourth-order valence-electron chi connectivity index (χ4n) is 3.04. The molecule has 1 fully saturated rings. The highest BCUT2D eigenvalue weighted by Gasteiger charge is 2.31. The number of methoxy groups -OCH3 is 2. The van der Waals surface area contributed by atoms with Gasteiger partial charge >= 0.3 is 5.97 Å². The fraction of sp³-hybridized carbons (Fsp3) is 0.261. The maximum Gasteiger partial charge on any atom is 0.305 e. The van der Waals surface area contributed by atoms with Crippen LogP contribution in [0.4, 0.5) is 4.39 Å². The van der Waals surface area contributed by atoms with Crippen molar-refractivity contribution in [1.82, 2.24) is 4.90 Å². The fourth-order valence-corrected chi connectivity index (χ4v) is 4.57. The second-order valence-corrected chi connectivity index (χ2v) is 9.00. The van der Waals surface area contributed by atoms with Crippen LogP contribution in [0, 0.1) is 5.82 Å². The number of rotatable bonds is 9. The van der Waals surface area contributed by atoms with E-state index >= 15 is 0 Å². The number of esters is 1. The molecule has 0 spiro atoms. The van der Waals surface area contributed by atoms with Gasteiger partial charge < -0.3 is 14.2 Å². The minimum Gasteiger partial charge on any atom is -0.493 e. The van der Waals surface area contributed by atoms with Gasteiger partial charge in [-0.3, -0.25) is 14.5 Å².